The van der Waals surface area contributed by atoms with Gasteiger partial charge in [0.15, 0.2) is 6.26 Å². The van der Waals surface area contributed by atoms with Gasteiger partial charge in [-0.25, -0.2) is 0 Å². The van der Waals surface area contributed by atoms with Crippen LogP contribution in [-0.4, -0.2) is 0 Å². The van der Waals surface area contributed by atoms with Crippen LogP contribution in [0.5, 0.6) is 0 Å². The van der Waals surface area contributed by atoms with Gasteiger partial charge in [-0.2, -0.15) is 0 Å². The Balaban J connectivity index is 2.86. The van der Waals surface area contributed by atoms with Crippen LogP contribution in [0.1, 0.15) is 0 Å². The highest BCUT2D eigenvalue weighted by Gasteiger charge is 1.94. The van der Waals surface area contributed by atoms with Crippen LogP contribution in [0.15, 0.2) is 28.7 Å². The molecular formula is C8H6NO. The molecule has 0 unspecified atom stereocenters. The smallest absolute Gasteiger partial charge is 0.170 e. The van der Waals surface area contributed by atoms with Crippen molar-refractivity contribution in [3.8, 4) is 0 Å². The molecule has 10 heavy (non-hydrogen) atoms. The molecule has 0 amide bonds. The molecule has 0 bridgehead atoms. The molecule has 0 saturated heterocycles. The first-order chi connectivity index (χ1) is 4.86. The summed E-state index contributed by atoms with van der Waals surface area (Å²) in [7, 11) is 0. The predicted octanol–water partition coefficient (Wildman–Crippen LogP) is 1.82. The van der Waals surface area contributed by atoms with Crippen molar-refractivity contribution in [2.75, 3.05) is 5.73 Å². The standard InChI is InChI=1S/C8H6NO/c9-7-2-1-6-3-4-10-8(6)5-7/h1-3,5H,9H2. The van der Waals surface area contributed by atoms with Gasteiger partial charge in [0.25, 0.3) is 0 Å². The predicted molar refractivity (Wildman–Crippen MR) is 39.5 cm³/mol. The van der Waals surface area contributed by atoms with E-state index in [0.717, 1.165) is 16.7 Å². The molecule has 49 valence electrons. The molecule has 0 fully saturated rings. The molecule has 0 spiro atoms. The molecule has 0 aliphatic heterocycles. The maximum absolute atomic E-state index is 5.51. The number of hydrogen-bond acceptors (Lipinski definition) is 2. The number of nitrogen functional groups attached to an aromatic ring is 1. The molecule has 2 nitrogen and oxygen atoms in total. The van der Waals surface area contributed by atoms with E-state index in [4.69, 9.17) is 10.2 Å². The van der Waals surface area contributed by atoms with Crippen LogP contribution in [0.25, 0.3) is 11.0 Å². The summed E-state index contributed by atoms with van der Waals surface area (Å²) in [6, 6.07) is 7.32. The quantitative estimate of drug-likeness (QED) is 0.555. The topological polar surface area (TPSA) is 39.2 Å². The van der Waals surface area contributed by atoms with Crippen molar-refractivity contribution in [3.63, 3.8) is 0 Å². The monoisotopic (exact) mass is 132 g/mol. The lowest BCUT2D eigenvalue weighted by molar-refractivity contribution is 0.606. The molecule has 1 aromatic heterocycles. The second-order valence-electron chi connectivity index (χ2n) is 2.16. The average molecular weight is 132 g/mol. The van der Waals surface area contributed by atoms with E-state index in [9.17, 15) is 0 Å². The molecule has 1 heterocycles. The third-order valence-electron chi connectivity index (χ3n) is 1.42. The Hall–Kier alpha value is -1.44. The van der Waals surface area contributed by atoms with E-state index in [1.807, 2.05) is 12.1 Å². The Morgan fingerprint density at radius 3 is 3.20 bits per heavy atom. The van der Waals surface area contributed by atoms with Crippen LogP contribution in [-0.2, 0) is 0 Å². The summed E-state index contributed by atoms with van der Waals surface area (Å²) in [5, 5.41) is 1.04. The van der Waals surface area contributed by atoms with Gasteiger partial charge >= 0.3 is 0 Å². The van der Waals surface area contributed by atoms with E-state index in [1.54, 1.807) is 12.1 Å². The fourth-order valence-corrected chi connectivity index (χ4v) is 0.915. The molecule has 2 heteroatoms. The Kier molecular flexibility index (Phi) is 0.947. The lowest BCUT2D eigenvalue weighted by Gasteiger charge is -1.89. The van der Waals surface area contributed by atoms with Crippen molar-refractivity contribution in [2.45, 2.75) is 0 Å². The maximum Gasteiger partial charge on any atom is 0.170 e. The molecule has 0 aliphatic rings. The number of fused-ring (bicyclic) bond motifs is 1. The zero-order valence-electron chi connectivity index (χ0n) is 5.29. The van der Waals surface area contributed by atoms with Crippen molar-refractivity contribution in [1.29, 1.82) is 0 Å². The summed E-state index contributed by atoms with van der Waals surface area (Å²) in [4.78, 5) is 0. The summed E-state index contributed by atoms with van der Waals surface area (Å²) in [6.45, 7) is 0. The zero-order chi connectivity index (χ0) is 6.97. The van der Waals surface area contributed by atoms with Crippen LogP contribution in [0.4, 0.5) is 5.69 Å². The number of nitrogens with two attached hydrogens (primary N) is 1. The molecule has 2 aromatic rings. The molecule has 0 atom stereocenters. The van der Waals surface area contributed by atoms with Crippen LogP contribution in [0.2, 0.25) is 0 Å². The molecule has 1 aromatic carbocycles. The number of hydrogen-bond donors (Lipinski definition) is 1. The van der Waals surface area contributed by atoms with Crippen molar-refractivity contribution in [3.05, 3.63) is 30.5 Å². The minimum Gasteiger partial charge on any atom is -0.453 e. The molecule has 0 aliphatic carbocycles. The van der Waals surface area contributed by atoms with Crippen molar-refractivity contribution in [2.24, 2.45) is 0 Å². The van der Waals surface area contributed by atoms with Gasteiger partial charge in [0.1, 0.15) is 5.58 Å². The highest BCUT2D eigenvalue weighted by atomic mass is 16.3. The van der Waals surface area contributed by atoms with E-state index >= 15 is 0 Å². The maximum atomic E-state index is 5.51. The third kappa shape index (κ3) is 0.658. The SMILES string of the molecule is Nc1ccc2c[c]oc2c1. The van der Waals surface area contributed by atoms with Gasteiger partial charge in [-0.3, -0.25) is 0 Å². The molecule has 1 radical (unpaired) electrons. The molecular weight excluding hydrogens is 126 g/mol. The highest BCUT2D eigenvalue weighted by molar-refractivity contribution is 5.79. The Bertz CT molecular complexity index is 351. The number of benzene rings is 1. The number of anilines is 1. The lowest BCUT2D eigenvalue weighted by Crippen LogP contribution is -1.80. The van der Waals surface area contributed by atoms with Crippen LogP contribution in [0.3, 0.4) is 0 Å². The Morgan fingerprint density at radius 2 is 2.30 bits per heavy atom. The van der Waals surface area contributed by atoms with Gasteiger partial charge in [0.05, 0.1) is 0 Å². The summed E-state index contributed by atoms with van der Waals surface area (Å²) < 4.78 is 4.99. The lowest BCUT2D eigenvalue weighted by atomic mass is 10.2. The van der Waals surface area contributed by atoms with Gasteiger partial charge < -0.3 is 10.2 Å². The van der Waals surface area contributed by atoms with Gasteiger partial charge in [-0.1, -0.05) is 0 Å². The first-order valence-corrected chi connectivity index (χ1v) is 3.01. The van der Waals surface area contributed by atoms with Crippen LogP contribution < -0.4 is 5.73 Å². The van der Waals surface area contributed by atoms with Crippen LogP contribution >= 0.6 is 0 Å². The minimum absolute atomic E-state index is 0.718. The van der Waals surface area contributed by atoms with E-state index in [1.165, 1.54) is 0 Å². The third-order valence-corrected chi connectivity index (χ3v) is 1.42. The minimum atomic E-state index is 0.718. The number of rotatable bonds is 0. The van der Waals surface area contributed by atoms with Gasteiger partial charge in [-0.05, 0) is 18.2 Å². The van der Waals surface area contributed by atoms with E-state index in [2.05, 4.69) is 6.26 Å². The summed E-state index contributed by atoms with van der Waals surface area (Å²) in [5.74, 6) is 0. The fourth-order valence-electron chi connectivity index (χ4n) is 0.915. The first-order valence-electron chi connectivity index (χ1n) is 3.01. The van der Waals surface area contributed by atoms with Gasteiger partial charge in [-0.15, -0.1) is 0 Å². The van der Waals surface area contributed by atoms with Crippen molar-refractivity contribution in [1.82, 2.24) is 0 Å². The average Bonchev–Trinajstić information content (AvgIpc) is 2.33. The normalized spacial score (nSPS) is 10.4. The second kappa shape index (κ2) is 1.77. The van der Waals surface area contributed by atoms with Crippen molar-refractivity contribution < 1.29 is 4.42 Å². The molecule has 0 saturated carbocycles. The zero-order valence-corrected chi connectivity index (χ0v) is 5.29. The van der Waals surface area contributed by atoms with Gasteiger partial charge in [0, 0.05) is 17.1 Å². The Labute approximate surface area is 58.2 Å². The Morgan fingerprint density at radius 1 is 1.40 bits per heavy atom. The van der Waals surface area contributed by atoms with Gasteiger partial charge in [0.2, 0.25) is 0 Å². The molecule has 2 rings (SSSR count). The highest BCUT2D eigenvalue weighted by Crippen LogP contribution is 2.16. The largest absolute Gasteiger partial charge is 0.453 e. The summed E-state index contributed by atoms with van der Waals surface area (Å²) >= 11 is 0. The summed E-state index contributed by atoms with van der Waals surface area (Å²) in [6.07, 6.45) is 2.63. The van der Waals surface area contributed by atoms with E-state index in [0.29, 0.717) is 0 Å². The molecule has 2 N–H and O–H groups in total. The van der Waals surface area contributed by atoms with E-state index < -0.39 is 0 Å². The summed E-state index contributed by atoms with van der Waals surface area (Å²) in [5.41, 5.74) is 7.02. The second-order valence-corrected chi connectivity index (χ2v) is 2.16. The van der Waals surface area contributed by atoms with Crippen molar-refractivity contribution >= 4 is 16.7 Å². The fraction of sp³-hybridized carbons (Fsp3) is 0. The number of furan rings is 1. The first kappa shape index (κ1) is 5.35. The van der Waals surface area contributed by atoms with Crippen LogP contribution in [0, 0.1) is 6.26 Å². The van der Waals surface area contributed by atoms with E-state index in [-0.39, 0.29) is 0 Å².